The minimum absolute atomic E-state index is 0.00696. The fourth-order valence-corrected chi connectivity index (χ4v) is 3.38. The molecule has 2 heterocycles. The van der Waals surface area contributed by atoms with E-state index in [2.05, 4.69) is 20.9 Å². The Bertz CT molecular complexity index is 774. The average molecular weight is 454 g/mol. The highest BCUT2D eigenvalue weighted by atomic mass is 32.2. The van der Waals surface area contributed by atoms with Gasteiger partial charge in [0.25, 0.3) is 0 Å². The third-order valence-corrected chi connectivity index (χ3v) is 5.38. The molecule has 1 aromatic carbocycles. The molecule has 0 radical (unpaired) electrons. The maximum Gasteiger partial charge on any atom is 0.166 e. The maximum absolute atomic E-state index is 9.67. The standard InChI is InChI=1S/C16H21N3O3S.C4H10N2S/c1-23-16-4-2-3-14(8-16)22-11-12-9-19(18-17-12)10-15-7-13(20)5-6-21-15;1-3-6-4(7)5-2/h2-4,8-9,13,15,20H,5-7,10-11H2,1H3;3H2,1-2H3,(H2,5,6,7). The quantitative estimate of drug-likeness (QED) is 0.431. The number of aromatic nitrogens is 3. The monoisotopic (exact) mass is 453 g/mol. The van der Waals surface area contributed by atoms with Crippen LogP contribution in [-0.2, 0) is 17.9 Å². The topological polar surface area (TPSA) is 93.5 Å². The first-order valence-electron chi connectivity index (χ1n) is 9.95. The summed E-state index contributed by atoms with van der Waals surface area (Å²) >= 11 is 6.41. The number of benzene rings is 1. The number of nitrogens with zero attached hydrogens (tertiary/aromatic N) is 3. The maximum atomic E-state index is 9.67. The molecule has 1 aliphatic rings. The summed E-state index contributed by atoms with van der Waals surface area (Å²) in [6.07, 6.45) is 4.98. The predicted octanol–water partition coefficient (Wildman–Crippen LogP) is 2.22. The van der Waals surface area contributed by atoms with Crippen molar-refractivity contribution in [1.29, 1.82) is 0 Å². The largest absolute Gasteiger partial charge is 0.487 e. The molecule has 1 saturated heterocycles. The molecule has 0 aliphatic carbocycles. The molecule has 0 saturated carbocycles. The summed E-state index contributed by atoms with van der Waals surface area (Å²) in [5.74, 6) is 0.824. The van der Waals surface area contributed by atoms with Crippen LogP contribution in [0.15, 0.2) is 35.4 Å². The Balaban J connectivity index is 0.000000396. The molecule has 1 aromatic heterocycles. The molecule has 1 aliphatic heterocycles. The Morgan fingerprint density at radius 3 is 2.97 bits per heavy atom. The van der Waals surface area contributed by atoms with Crippen LogP contribution in [0.2, 0.25) is 0 Å². The van der Waals surface area contributed by atoms with Crippen molar-refractivity contribution < 1.29 is 14.6 Å². The number of aliphatic hydroxyl groups excluding tert-OH is 1. The lowest BCUT2D eigenvalue weighted by molar-refractivity contribution is -0.0512. The van der Waals surface area contributed by atoms with Gasteiger partial charge in [0.1, 0.15) is 18.1 Å². The second-order valence-electron chi connectivity index (χ2n) is 6.68. The Morgan fingerprint density at radius 1 is 1.47 bits per heavy atom. The molecule has 166 valence electrons. The van der Waals surface area contributed by atoms with Gasteiger partial charge < -0.3 is 25.2 Å². The van der Waals surface area contributed by atoms with Gasteiger partial charge in [-0.2, -0.15) is 0 Å². The number of thiocarbonyl (C=S) groups is 1. The molecular formula is C20H31N5O3S2. The van der Waals surface area contributed by atoms with Crippen molar-refractivity contribution in [2.24, 2.45) is 0 Å². The van der Waals surface area contributed by atoms with Gasteiger partial charge in [0.15, 0.2) is 5.11 Å². The highest BCUT2D eigenvalue weighted by Gasteiger charge is 2.21. The number of nitrogens with one attached hydrogen (secondary N) is 2. The van der Waals surface area contributed by atoms with Crippen LogP contribution < -0.4 is 15.4 Å². The smallest absolute Gasteiger partial charge is 0.166 e. The normalized spacial score (nSPS) is 18.1. The minimum Gasteiger partial charge on any atom is -0.487 e. The predicted molar refractivity (Wildman–Crippen MR) is 123 cm³/mol. The molecule has 0 amide bonds. The van der Waals surface area contributed by atoms with Gasteiger partial charge >= 0.3 is 0 Å². The third kappa shape index (κ3) is 8.86. The molecule has 1 fully saturated rings. The molecule has 10 heteroatoms. The summed E-state index contributed by atoms with van der Waals surface area (Å²) in [6, 6.07) is 7.96. The van der Waals surface area contributed by atoms with E-state index >= 15 is 0 Å². The summed E-state index contributed by atoms with van der Waals surface area (Å²) in [5, 5.41) is 24.3. The van der Waals surface area contributed by atoms with Gasteiger partial charge in [0, 0.05) is 31.5 Å². The lowest BCUT2D eigenvalue weighted by Crippen LogP contribution is -2.32. The van der Waals surface area contributed by atoms with E-state index in [1.54, 1.807) is 23.5 Å². The Morgan fingerprint density at radius 2 is 2.30 bits per heavy atom. The van der Waals surface area contributed by atoms with E-state index < -0.39 is 0 Å². The van der Waals surface area contributed by atoms with Gasteiger partial charge in [-0.1, -0.05) is 11.3 Å². The summed E-state index contributed by atoms with van der Waals surface area (Å²) in [5.41, 5.74) is 0.774. The van der Waals surface area contributed by atoms with Crippen LogP contribution >= 0.6 is 24.0 Å². The van der Waals surface area contributed by atoms with Crippen LogP contribution in [0.5, 0.6) is 5.75 Å². The number of ether oxygens (including phenoxy) is 2. The summed E-state index contributed by atoms with van der Waals surface area (Å²) in [7, 11) is 1.80. The van der Waals surface area contributed by atoms with E-state index in [0.29, 0.717) is 37.7 Å². The Kier molecular flexibility index (Phi) is 10.9. The molecule has 0 bridgehead atoms. The third-order valence-electron chi connectivity index (χ3n) is 4.31. The first kappa shape index (κ1) is 24.4. The van der Waals surface area contributed by atoms with Gasteiger partial charge in [-0.3, -0.25) is 0 Å². The van der Waals surface area contributed by atoms with Crippen LogP contribution in [0, 0.1) is 0 Å². The Labute approximate surface area is 187 Å². The second-order valence-corrected chi connectivity index (χ2v) is 7.97. The fourth-order valence-electron chi connectivity index (χ4n) is 2.79. The van der Waals surface area contributed by atoms with Crippen molar-refractivity contribution >= 4 is 29.1 Å². The highest BCUT2D eigenvalue weighted by molar-refractivity contribution is 7.98. The summed E-state index contributed by atoms with van der Waals surface area (Å²) in [4.78, 5) is 1.17. The van der Waals surface area contributed by atoms with E-state index in [-0.39, 0.29) is 12.2 Å². The van der Waals surface area contributed by atoms with Crippen molar-refractivity contribution in [2.45, 2.75) is 50.0 Å². The zero-order chi connectivity index (χ0) is 21.8. The van der Waals surface area contributed by atoms with Crippen LogP contribution in [-0.4, -0.2) is 63.9 Å². The van der Waals surface area contributed by atoms with E-state index in [1.165, 1.54) is 4.90 Å². The van der Waals surface area contributed by atoms with Crippen molar-refractivity contribution in [3.05, 3.63) is 36.2 Å². The van der Waals surface area contributed by atoms with Gasteiger partial charge in [-0.05, 0) is 50.0 Å². The molecule has 0 spiro atoms. The number of rotatable bonds is 7. The number of hydrogen-bond acceptors (Lipinski definition) is 7. The van der Waals surface area contributed by atoms with Crippen molar-refractivity contribution in [2.75, 3.05) is 26.5 Å². The summed E-state index contributed by atoms with van der Waals surface area (Å²) in [6.45, 7) is 4.48. The van der Waals surface area contributed by atoms with Gasteiger partial charge in [-0.25, -0.2) is 4.68 Å². The summed E-state index contributed by atoms with van der Waals surface area (Å²) < 4.78 is 13.1. The average Bonchev–Trinajstić information content (AvgIpc) is 3.20. The van der Waals surface area contributed by atoms with Crippen LogP contribution in [0.3, 0.4) is 0 Å². The zero-order valence-electron chi connectivity index (χ0n) is 17.7. The molecule has 8 nitrogen and oxygen atoms in total. The second kappa shape index (κ2) is 13.4. The van der Waals surface area contributed by atoms with Gasteiger partial charge in [-0.15, -0.1) is 16.9 Å². The first-order chi connectivity index (χ1) is 14.5. The number of hydrogen-bond donors (Lipinski definition) is 3. The molecule has 2 aromatic rings. The molecule has 30 heavy (non-hydrogen) atoms. The Hall–Kier alpha value is -1.88. The van der Waals surface area contributed by atoms with Gasteiger partial charge in [0.2, 0.25) is 0 Å². The molecule has 3 rings (SSSR count). The van der Waals surface area contributed by atoms with E-state index in [9.17, 15) is 5.11 Å². The minimum atomic E-state index is -0.274. The molecular weight excluding hydrogens is 422 g/mol. The van der Waals surface area contributed by atoms with E-state index in [1.807, 2.05) is 43.6 Å². The fraction of sp³-hybridized carbons (Fsp3) is 0.550. The molecule has 3 N–H and O–H groups in total. The van der Waals surface area contributed by atoms with Crippen molar-refractivity contribution in [1.82, 2.24) is 25.6 Å². The molecule has 2 unspecified atom stereocenters. The lowest BCUT2D eigenvalue weighted by atomic mass is 10.1. The first-order valence-corrected chi connectivity index (χ1v) is 11.6. The lowest BCUT2D eigenvalue weighted by Gasteiger charge is -2.26. The zero-order valence-corrected chi connectivity index (χ0v) is 19.3. The molecule has 2 atom stereocenters. The van der Waals surface area contributed by atoms with Crippen molar-refractivity contribution in [3.8, 4) is 5.75 Å². The SMILES string of the molecule is CCNC(=S)NC.CSc1cccc(OCc2cn(CC3CC(O)CCO3)nn2)c1. The van der Waals surface area contributed by atoms with Crippen LogP contribution in [0.4, 0.5) is 0 Å². The van der Waals surface area contributed by atoms with E-state index in [4.69, 9.17) is 21.7 Å². The van der Waals surface area contributed by atoms with Crippen molar-refractivity contribution in [3.63, 3.8) is 0 Å². The van der Waals surface area contributed by atoms with Gasteiger partial charge in [0.05, 0.1) is 24.9 Å². The van der Waals surface area contributed by atoms with Crippen LogP contribution in [0.25, 0.3) is 0 Å². The van der Waals surface area contributed by atoms with Crippen LogP contribution in [0.1, 0.15) is 25.5 Å². The number of aliphatic hydroxyl groups is 1. The number of thioether (sulfide) groups is 1. The van der Waals surface area contributed by atoms with E-state index in [0.717, 1.165) is 18.0 Å². The highest BCUT2D eigenvalue weighted by Crippen LogP contribution is 2.21.